The Bertz CT molecular complexity index is 66.1. The Hall–Kier alpha value is -0.210. The lowest BCUT2D eigenvalue weighted by molar-refractivity contribution is 0.0947. The molecule has 0 aromatic heterocycles. The summed E-state index contributed by atoms with van der Waals surface area (Å²) in [5.74, 6) is 0.536. The highest BCUT2D eigenvalue weighted by Crippen LogP contribution is 1.80. The fourth-order valence-corrected chi connectivity index (χ4v) is 0.456. The van der Waals surface area contributed by atoms with Gasteiger partial charge in [-0.2, -0.15) is 0 Å². The van der Waals surface area contributed by atoms with E-state index in [1.807, 2.05) is 0 Å². The molecule has 3 heteroatoms. The fraction of sp³-hybridized carbons (Fsp3) is 0.667. The number of alkyl halides is 1. The van der Waals surface area contributed by atoms with Crippen LogP contribution in [-0.2, 0) is 9.47 Å². The first-order valence-electron chi connectivity index (χ1n) is 2.78. The predicted octanol–water partition coefficient (Wildman–Crippen LogP) is 1.40. The highest BCUT2D eigenvalue weighted by molar-refractivity contribution is 6.17. The molecule has 0 aromatic carbocycles. The lowest BCUT2D eigenvalue weighted by Gasteiger charge is -1.99. The topological polar surface area (TPSA) is 18.5 Å². The number of hydrogen-bond donors (Lipinski definition) is 0. The Balaban J connectivity index is 2.66. The Kier molecular flexibility index (Phi) is 7.61. The molecule has 0 saturated heterocycles. The number of rotatable bonds is 6. The molecule has 0 atom stereocenters. The van der Waals surface area contributed by atoms with Crippen LogP contribution in [0.4, 0.5) is 0 Å². The third-order valence-corrected chi connectivity index (χ3v) is 0.839. The Morgan fingerprint density at radius 1 is 1.33 bits per heavy atom. The summed E-state index contributed by atoms with van der Waals surface area (Å²) in [6.07, 6.45) is 1.39. The van der Waals surface area contributed by atoms with Crippen LogP contribution in [0.2, 0.25) is 0 Å². The first-order chi connectivity index (χ1) is 4.41. The van der Waals surface area contributed by atoms with E-state index in [-0.39, 0.29) is 0 Å². The monoisotopic (exact) mass is 150 g/mol. The van der Waals surface area contributed by atoms with Crippen molar-refractivity contribution in [3.8, 4) is 0 Å². The minimum Gasteiger partial charge on any atom is -0.499 e. The van der Waals surface area contributed by atoms with Crippen LogP contribution >= 0.6 is 11.6 Å². The molecule has 2 nitrogen and oxygen atoms in total. The van der Waals surface area contributed by atoms with Crippen LogP contribution in [0, 0.1) is 0 Å². The van der Waals surface area contributed by atoms with Crippen molar-refractivity contribution in [2.24, 2.45) is 0 Å². The summed E-state index contributed by atoms with van der Waals surface area (Å²) in [5, 5.41) is 0. The van der Waals surface area contributed by atoms with Crippen LogP contribution in [-0.4, -0.2) is 25.7 Å². The summed E-state index contributed by atoms with van der Waals surface area (Å²) in [6.45, 7) is 5.10. The van der Waals surface area contributed by atoms with E-state index in [2.05, 4.69) is 6.58 Å². The fourth-order valence-electron chi connectivity index (χ4n) is 0.347. The molecule has 0 aliphatic heterocycles. The largest absolute Gasteiger partial charge is 0.499 e. The van der Waals surface area contributed by atoms with Gasteiger partial charge >= 0.3 is 0 Å². The quantitative estimate of drug-likeness (QED) is 0.324. The zero-order chi connectivity index (χ0) is 6.95. The summed E-state index contributed by atoms with van der Waals surface area (Å²) < 4.78 is 9.76. The molecular weight excluding hydrogens is 140 g/mol. The van der Waals surface area contributed by atoms with E-state index in [1.165, 1.54) is 6.26 Å². The summed E-state index contributed by atoms with van der Waals surface area (Å²) in [6, 6.07) is 0. The number of halogens is 1. The average Bonchev–Trinajstić information content (AvgIpc) is 1.89. The zero-order valence-corrected chi connectivity index (χ0v) is 6.06. The summed E-state index contributed by atoms with van der Waals surface area (Å²) in [4.78, 5) is 0. The average molecular weight is 151 g/mol. The second-order valence-electron chi connectivity index (χ2n) is 1.34. The van der Waals surface area contributed by atoms with E-state index in [1.54, 1.807) is 0 Å². The van der Waals surface area contributed by atoms with E-state index < -0.39 is 0 Å². The second kappa shape index (κ2) is 7.79. The van der Waals surface area contributed by atoms with Gasteiger partial charge in [-0.25, -0.2) is 0 Å². The second-order valence-corrected chi connectivity index (χ2v) is 1.72. The van der Waals surface area contributed by atoms with E-state index >= 15 is 0 Å². The third kappa shape index (κ3) is 7.79. The maximum absolute atomic E-state index is 5.33. The van der Waals surface area contributed by atoms with E-state index in [9.17, 15) is 0 Å². The molecular formula is C6H11ClO2. The van der Waals surface area contributed by atoms with Gasteiger partial charge in [-0.05, 0) is 0 Å². The molecule has 0 amide bonds. The van der Waals surface area contributed by atoms with Gasteiger partial charge in [0, 0.05) is 5.88 Å². The van der Waals surface area contributed by atoms with Gasteiger partial charge in [0.1, 0.15) is 6.61 Å². The smallest absolute Gasteiger partial charge is 0.111 e. The highest BCUT2D eigenvalue weighted by atomic mass is 35.5. The van der Waals surface area contributed by atoms with Crippen LogP contribution in [0.25, 0.3) is 0 Å². The number of hydrogen-bond acceptors (Lipinski definition) is 2. The van der Waals surface area contributed by atoms with Crippen molar-refractivity contribution in [2.45, 2.75) is 0 Å². The molecule has 0 spiro atoms. The molecule has 0 saturated carbocycles. The molecule has 0 aliphatic rings. The van der Waals surface area contributed by atoms with Crippen molar-refractivity contribution in [2.75, 3.05) is 25.7 Å². The molecule has 0 aromatic rings. The number of ether oxygens (including phenoxy) is 2. The summed E-state index contributed by atoms with van der Waals surface area (Å²) in [5.41, 5.74) is 0. The first-order valence-corrected chi connectivity index (χ1v) is 3.31. The van der Waals surface area contributed by atoms with Crippen LogP contribution in [0.5, 0.6) is 0 Å². The van der Waals surface area contributed by atoms with Gasteiger partial charge in [0.05, 0.1) is 19.5 Å². The molecule has 0 bridgehead atoms. The Morgan fingerprint density at radius 3 is 2.67 bits per heavy atom. The SMILES string of the molecule is C=COCCOCCCl. The minimum absolute atomic E-state index is 0.536. The zero-order valence-electron chi connectivity index (χ0n) is 5.31. The highest BCUT2D eigenvalue weighted by Gasteiger charge is 1.83. The van der Waals surface area contributed by atoms with Crippen LogP contribution in [0.3, 0.4) is 0 Å². The molecule has 0 radical (unpaired) electrons. The Morgan fingerprint density at radius 2 is 2.11 bits per heavy atom. The summed E-state index contributed by atoms with van der Waals surface area (Å²) in [7, 11) is 0. The van der Waals surface area contributed by atoms with Crippen molar-refractivity contribution < 1.29 is 9.47 Å². The van der Waals surface area contributed by atoms with E-state index in [4.69, 9.17) is 21.1 Å². The van der Waals surface area contributed by atoms with Gasteiger partial charge in [0.2, 0.25) is 0 Å². The van der Waals surface area contributed by atoms with Gasteiger partial charge in [-0.1, -0.05) is 6.58 Å². The molecule has 0 unspecified atom stereocenters. The van der Waals surface area contributed by atoms with Crippen LogP contribution in [0.15, 0.2) is 12.8 Å². The first kappa shape index (κ1) is 8.79. The lowest BCUT2D eigenvalue weighted by Crippen LogP contribution is -2.02. The van der Waals surface area contributed by atoms with Gasteiger partial charge in [-0.3, -0.25) is 0 Å². The van der Waals surface area contributed by atoms with Gasteiger partial charge in [0.15, 0.2) is 0 Å². The van der Waals surface area contributed by atoms with Gasteiger partial charge in [0.25, 0.3) is 0 Å². The Labute approximate surface area is 60.4 Å². The molecule has 0 aliphatic carbocycles. The molecule has 54 valence electrons. The van der Waals surface area contributed by atoms with Crippen LogP contribution in [0.1, 0.15) is 0 Å². The van der Waals surface area contributed by atoms with Crippen LogP contribution < -0.4 is 0 Å². The maximum Gasteiger partial charge on any atom is 0.111 e. The minimum atomic E-state index is 0.536. The molecule has 0 N–H and O–H groups in total. The summed E-state index contributed by atoms with van der Waals surface area (Å²) >= 11 is 5.33. The van der Waals surface area contributed by atoms with E-state index in [0.717, 1.165) is 0 Å². The lowest BCUT2D eigenvalue weighted by atomic mass is 10.7. The standard InChI is InChI=1S/C6H11ClO2/c1-2-8-5-6-9-4-3-7/h2H,1,3-6H2. The normalized spacial score (nSPS) is 9.00. The molecule has 9 heavy (non-hydrogen) atoms. The van der Waals surface area contributed by atoms with Crippen molar-refractivity contribution in [1.82, 2.24) is 0 Å². The van der Waals surface area contributed by atoms with Gasteiger partial charge in [-0.15, -0.1) is 11.6 Å². The predicted molar refractivity (Wildman–Crippen MR) is 37.7 cm³/mol. The molecule has 0 fully saturated rings. The van der Waals surface area contributed by atoms with Crippen molar-refractivity contribution in [1.29, 1.82) is 0 Å². The van der Waals surface area contributed by atoms with Crippen molar-refractivity contribution in [3.63, 3.8) is 0 Å². The maximum atomic E-state index is 5.33. The van der Waals surface area contributed by atoms with E-state index in [0.29, 0.717) is 25.7 Å². The molecule has 0 rings (SSSR count). The third-order valence-electron chi connectivity index (χ3n) is 0.685. The van der Waals surface area contributed by atoms with Gasteiger partial charge < -0.3 is 9.47 Å². The van der Waals surface area contributed by atoms with Crippen molar-refractivity contribution in [3.05, 3.63) is 12.8 Å². The molecule has 0 heterocycles. The van der Waals surface area contributed by atoms with Crippen molar-refractivity contribution >= 4 is 11.6 Å².